The van der Waals surface area contributed by atoms with E-state index < -0.39 is 0 Å². The lowest BCUT2D eigenvalue weighted by Crippen LogP contribution is -2.36. The average molecular weight is 345 g/mol. The molecule has 4 rings (SSSR count). The van der Waals surface area contributed by atoms with Gasteiger partial charge in [-0.15, -0.1) is 0 Å². The fourth-order valence-corrected chi connectivity index (χ4v) is 5.04. The number of hydrogen-bond donors (Lipinski definition) is 0. The number of rotatable bonds is 2. The number of benzene rings is 1. The Labute approximate surface area is 146 Å². The van der Waals surface area contributed by atoms with Crippen LogP contribution in [0.2, 0.25) is 0 Å². The summed E-state index contributed by atoms with van der Waals surface area (Å²) in [5, 5.41) is 0. The standard InChI is InChI=1S/C18H19NO2S2/c1-11-8-13-9-12(6-7-15(13)21-11)10-16-17(20)19(18(22)23-16)14-4-2-3-5-14/h6-7,9-11,14H,2-5,8H2,1H3/b16-10-/t11-/m1/s1. The topological polar surface area (TPSA) is 29.5 Å². The fraction of sp³-hybridized carbons (Fsp3) is 0.444. The molecule has 120 valence electrons. The van der Waals surface area contributed by atoms with Crippen molar-refractivity contribution in [1.82, 2.24) is 4.90 Å². The highest BCUT2D eigenvalue weighted by Gasteiger charge is 2.38. The van der Waals surface area contributed by atoms with Crippen LogP contribution < -0.4 is 4.74 Å². The van der Waals surface area contributed by atoms with Crippen LogP contribution >= 0.6 is 24.0 Å². The Bertz CT molecular complexity index is 707. The predicted molar refractivity (Wildman–Crippen MR) is 97.5 cm³/mol. The first kappa shape index (κ1) is 15.2. The molecule has 1 atom stereocenters. The van der Waals surface area contributed by atoms with Gasteiger partial charge in [0.2, 0.25) is 0 Å². The second-order valence-electron chi connectivity index (χ2n) is 6.49. The Morgan fingerprint density at radius 2 is 2.13 bits per heavy atom. The highest BCUT2D eigenvalue weighted by Crippen LogP contribution is 2.38. The van der Waals surface area contributed by atoms with E-state index in [0.717, 1.165) is 35.5 Å². The predicted octanol–water partition coefficient (Wildman–Crippen LogP) is 4.15. The molecular weight excluding hydrogens is 326 g/mol. The normalized spacial score (nSPS) is 26.2. The average Bonchev–Trinajstić information content (AvgIpc) is 3.19. The Morgan fingerprint density at radius 1 is 1.35 bits per heavy atom. The third-order valence-electron chi connectivity index (χ3n) is 4.73. The van der Waals surface area contributed by atoms with Gasteiger partial charge < -0.3 is 4.74 Å². The van der Waals surface area contributed by atoms with Crippen LogP contribution in [0.5, 0.6) is 5.75 Å². The smallest absolute Gasteiger partial charge is 0.266 e. The summed E-state index contributed by atoms with van der Waals surface area (Å²) in [5.74, 6) is 1.05. The van der Waals surface area contributed by atoms with Crippen molar-refractivity contribution in [2.24, 2.45) is 0 Å². The summed E-state index contributed by atoms with van der Waals surface area (Å²) in [4.78, 5) is 15.3. The number of thioether (sulfide) groups is 1. The van der Waals surface area contributed by atoms with E-state index in [1.54, 1.807) is 0 Å². The molecule has 1 saturated carbocycles. The van der Waals surface area contributed by atoms with Crippen LogP contribution in [0.3, 0.4) is 0 Å². The lowest BCUT2D eigenvalue weighted by atomic mass is 10.1. The van der Waals surface area contributed by atoms with E-state index in [0.29, 0.717) is 10.4 Å². The number of carbonyl (C=O) groups is 1. The van der Waals surface area contributed by atoms with Gasteiger partial charge in [-0.25, -0.2) is 0 Å². The molecule has 1 aromatic carbocycles. The molecule has 0 aromatic heterocycles. The Hall–Kier alpha value is -1.33. The fourth-order valence-electron chi connectivity index (χ4n) is 3.64. The molecule has 2 fully saturated rings. The van der Waals surface area contributed by atoms with Crippen molar-refractivity contribution in [3.05, 3.63) is 34.2 Å². The number of fused-ring (bicyclic) bond motifs is 1. The summed E-state index contributed by atoms with van der Waals surface area (Å²) in [6.07, 6.45) is 7.69. The first-order valence-corrected chi connectivity index (χ1v) is 9.41. The van der Waals surface area contributed by atoms with E-state index in [2.05, 4.69) is 13.0 Å². The number of amides is 1. The summed E-state index contributed by atoms with van der Waals surface area (Å²) < 4.78 is 6.45. The quantitative estimate of drug-likeness (QED) is 0.595. The van der Waals surface area contributed by atoms with Gasteiger partial charge in [-0.2, -0.15) is 0 Å². The molecule has 5 heteroatoms. The maximum Gasteiger partial charge on any atom is 0.266 e. The Balaban J connectivity index is 1.58. The minimum atomic E-state index is 0.0806. The molecule has 1 aliphatic carbocycles. The van der Waals surface area contributed by atoms with Gasteiger partial charge in [0.25, 0.3) is 5.91 Å². The summed E-state index contributed by atoms with van der Waals surface area (Å²) in [5.41, 5.74) is 2.27. The van der Waals surface area contributed by atoms with E-state index in [1.165, 1.54) is 30.2 Å². The number of nitrogens with zero attached hydrogens (tertiary/aromatic N) is 1. The molecule has 0 N–H and O–H groups in total. The van der Waals surface area contributed by atoms with Gasteiger partial charge >= 0.3 is 0 Å². The zero-order chi connectivity index (χ0) is 16.0. The SMILES string of the molecule is C[C@@H]1Cc2cc(/C=C3\SC(=S)N(C4CCCC4)C3=O)ccc2O1. The van der Waals surface area contributed by atoms with Crippen molar-refractivity contribution in [3.63, 3.8) is 0 Å². The second-order valence-corrected chi connectivity index (χ2v) is 8.17. The van der Waals surface area contributed by atoms with Gasteiger partial charge in [0.1, 0.15) is 16.2 Å². The minimum Gasteiger partial charge on any atom is -0.490 e. The van der Waals surface area contributed by atoms with E-state index in [4.69, 9.17) is 17.0 Å². The lowest BCUT2D eigenvalue weighted by Gasteiger charge is -2.21. The zero-order valence-electron chi connectivity index (χ0n) is 13.1. The van der Waals surface area contributed by atoms with Crippen LogP contribution in [0.4, 0.5) is 0 Å². The molecule has 3 nitrogen and oxygen atoms in total. The first-order chi connectivity index (χ1) is 11.1. The molecule has 0 unspecified atom stereocenters. The first-order valence-electron chi connectivity index (χ1n) is 8.18. The summed E-state index contributed by atoms with van der Waals surface area (Å²) in [7, 11) is 0. The largest absolute Gasteiger partial charge is 0.490 e. The molecule has 0 spiro atoms. The van der Waals surface area contributed by atoms with Gasteiger partial charge in [-0.3, -0.25) is 9.69 Å². The van der Waals surface area contributed by atoms with E-state index >= 15 is 0 Å². The summed E-state index contributed by atoms with van der Waals surface area (Å²) in [6, 6.07) is 6.45. The van der Waals surface area contributed by atoms with Gasteiger partial charge in [0, 0.05) is 12.5 Å². The summed E-state index contributed by atoms with van der Waals surface area (Å²) >= 11 is 6.88. The van der Waals surface area contributed by atoms with Crippen LogP contribution in [0.1, 0.15) is 43.7 Å². The van der Waals surface area contributed by atoms with Gasteiger partial charge in [-0.05, 0) is 49.1 Å². The van der Waals surface area contributed by atoms with E-state index in [1.807, 2.05) is 23.1 Å². The molecule has 0 bridgehead atoms. The maximum atomic E-state index is 12.7. The van der Waals surface area contributed by atoms with E-state index in [9.17, 15) is 4.79 Å². The van der Waals surface area contributed by atoms with Crippen molar-refractivity contribution in [2.75, 3.05) is 0 Å². The molecule has 0 radical (unpaired) electrons. The molecule has 2 heterocycles. The van der Waals surface area contributed by atoms with Crippen molar-refractivity contribution < 1.29 is 9.53 Å². The molecule has 1 amide bonds. The third kappa shape index (κ3) is 2.81. The Morgan fingerprint density at radius 3 is 2.91 bits per heavy atom. The molecule has 1 aromatic rings. The van der Waals surface area contributed by atoms with Crippen LogP contribution in [-0.4, -0.2) is 27.3 Å². The highest BCUT2D eigenvalue weighted by molar-refractivity contribution is 8.26. The van der Waals surface area contributed by atoms with Crippen LogP contribution in [-0.2, 0) is 11.2 Å². The molecular formula is C18H19NO2S2. The van der Waals surface area contributed by atoms with Crippen LogP contribution in [0.25, 0.3) is 6.08 Å². The number of ether oxygens (including phenoxy) is 1. The minimum absolute atomic E-state index is 0.0806. The second kappa shape index (κ2) is 5.95. The zero-order valence-corrected chi connectivity index (χ0v) is 14.7. The van der Waals surface area contributed by atoms with Crippen molar-refractivity contribution in [1.29, 1.82) is 0 Å². The van der Waals surface area contributed by atoms with Gasteiger partial charge in [0.15, 0.2) is 0 Å². The van der Waals surface area contributed by atoms with Crippen LogP contribution in [0.15, 0.2) is 23.1 Å². The molecule has 1 saturated heterocycles. The van der Waals surface area contributed by atoms with Crippen molar-refractivity contribution in [2.45, 2.75) is 51.2 Å². The summed E-state index contributed by atoms with van der Waals surface area (Å²) in [6.45, 7) is 2.08. The van der Waals surface area contributed by atoms with Crippen molar-refractivity contribution >= 4 is 40.3 Å². The van der Waals surface area contributed by atoms with Crippen molar-refractivity contribution in [3.8, 4) is 5.75 Å². The lowest BCUT2D eigenvalue weighted by molar-refractivity contribution is -0.123. The molecule has 3 aliphatic rings. The highest BCUT2D eigenvalue weighted by atomic mass is 32.2. The maximum absolute atomic E-state index is 12.7. The van der Waals surface area contributed by atoms with Crippen LogP contribution in [0, 0.1) is 0 Å². The monoisotopic (exact) mass is 345 g/mol. The molecule has 23 heavy (non-hydrogen) atoms. The third-order valence-corrected chi connectivity index (χ3v) is 6.06. The van der Waals surface area contributed by atoms with E-state index in [-0.39, 0.29) is 12.0 Å². The molecule has 2 aliphatic heterocycles. The van der Waals surface area contributed by atoms with Gasteiger partial charge in [0.05, 0.1) is 4.91 Å². The number of carbonyl (C=O) groups excluding carboxylic acids is 1. The number of thiocarbonyl (C=S) groups is 1. The Kier molecular flexibility index (Phi) is 3.93. The van der Waals surface area contributed by atoms with Gasteiger partial charge in [-0.1, -0.05) is 42.9 Å². The number of hydrogen-bond acceptors (Lipinski definition) is 4.